The minimum Gasteiger partial charge on any atom is -0.302 e. The van der Waals surface area contributed by atoms with E-state index in [0.29, 0.717) is 17.1 Å². The maximum atomic E-state index is 13.0. The SMILES string of the molecule is CC(C)(C)CC(=O)Nc1nc2ccc(F)cc2s1. The second-order valence-corrected chi connectivity index (χ2v) is 6.45. The van der Waals surface area contributed by atoms with E-state index in [2.05, 4.69) is 10.3 Å². The summed E-state index contributed by atoms with van der Waals surface area (Å²) in [5.74, 6) is -0.360. The molecule has 0 fully saturated rings. The van der Waals surface area contributed by atoms with Gasteiger partial charge in [-0.2, -0.15) is 0 Å². The van der Waals surface area contributed by atoms with Crippen molar-refractivity contribution in [3.05, 3.63) is 24.0 Å². The third-order valence-electron chi connectivity index (χ3n) is 2.29. The molecule has 0 aliphatic carbocycles. The molecule has 1 N–H and O–H groups in total. The molecule has 3 nitrogen and oxygen atoms in total. The molecule has 2 aromatic rings. The Balaban J connectivity index is 2.15. The number of nitrogens with one attached hydrogen (secondary N) is 1. The molecule has 18 heavy (non-hydrogen) atoms. The first kappa shape index (κ1) is 13.0. The smallest absolute Gasteiger partial charge is 0.226 e. The first-order valence-electron chi connectivity index (χ1n) is 5.69. The number of benzene rings is 1. The van der Waals surface area contributed by atoms with Crippen molar-refractivity contribution in [3.8, 4) is 0 Å². The summed E-state index contributed by atoms with van der Waals surface area (Å²) < 4.78 is 13.8. The summed E-state index contributed by atoms with van der Waals surface area (Å²) in [6.45, 7) is 6.00. The number of thiazole rings is 1. The molecule has 0 aliphatic rings. The summed E-state index contributed by atoms with van der Waals surface area (Å²) >= 11 is 1.28. The van der Waals surface area contributed by atoms with E-state index in [9.17, 15) is 9.18 Å². The number of carbonyl (C=O) groups is 1. The van der Waals surface area contributed by atoms with Crippen LogP contribution in [0, 0.1) is 11.2 Å². The van der Waals surface area contributed by atoms with Gasteiger partial charge in [0.1, 0.15) is 5.82 Å². The monoisotopic (exact) mass is 266 g/mol. The molecule has 0 radical (unpaired) electrons. The van der Waals surface area contributed by atoms with E-state index in [1.165, 1.54) is 23.5 Å². The molecule has 0 aliphatic heterocycles. The maximum Gasteiger partial charge on any atom is 0.226 e. The van der Waals surface area contributed by atoms with Crippen LogP contribution in [-0.2, 0) is 4.79 Å². The van der Waals surface area contributed by atoms with Crippen molar-refractivity contribution in [2.45, 2.75) is 27.2 Å². The van der Waals surface area contributed by atoms with Gasteiger partial charge in [-0.3, -0.25) is 4.79 Å². The molecular weight excluding hydrogens is 251 g/mol. The van der Waals surface area contributed by atoms with Crippen LogP contribution in [0.25, 0.3) is 10.2 Å². The predicted octanol–water partition coefficient (Wildman–Crippen LogP) is 3.81. The third-order valence-corrected chi connectivity index (χ3v) is 3.22. The highest BCUT2D eigenvalue weighted by molar-refractivity contribution is 7.22. The summed E-state index contributed by atoms with van der Waals surface area (Å²) in [6, 6.07) is 4.40. The van der Waals surface area contributed by atoms with Crippen molar-refractivity contribution in [2.75, 3.05) is 5.32 Å². The molecule has 0 bridgehead atoms. The maximum absolute atomic E-state index is 13.0. The fraction of sp³-hybridized carbons (Fsp3) is 0.385. The molecule has 1 aromatic carbocycles. The van der Waals surface area contributed by atoms with E-state index in [1.807, 2.05) is 20.8 Å². The number of fused-ring (bicyclic) bond motifs is 1. The number of halogens is 1. The summed E-state index contributed by atoms with van der Waals surface area (Å²) in [5, 5.41) is 3.27. The second kappa shape index (κ2) is 4.65. The van der Waals surface area contributed by atoms with Crippen molar-refractivity contribution in [2.24, 2.45) is 5.41 Å². The molecule has 96 valence electrons. The van der Waals surface area contributed by atoms with Gasteiger partial charge in [-0.05, 0) is 23.6 Å². The summed E-state index contributed by atoms with van der Waals surface area (Å²) in [7, 11) is 0. The zero-order chi connectivity index (χ0) is 13.3. The molecule has 0 unspecified atom stereocenters. The molecule has 0 saturated heterocycles. The number of carbonyl (C=O) groups excluding carboxylic acids is 1. The minimum atomic E-state index is -0.293. The van der Waals surface area contributed by atoms with Gasteiger partial charge in [0.15, 0.2) is 5.13 Å². The normalized spacial score (nSPS) is 11.8. The Morgan fingerprint density at radius 3 is 2.83 bits per heavy atom. The van der Waals surface area contributed by atoms with Crippen LogP contribution in [0.1, 0.15) is 27.2 Å². The third kappa shape index (κ3) is 3.26. The van der Waals surface area contributed by atoms with Crippen LogP contribution < -0.4 is 5.32 Å². The lowest BCUT2D eigenvalue weighted by Gasteiger charge is -2.16. The molecule has 2 rings (SSSR count). The van der Waals surface area contributed by atoms with Gasteiger partial charge >= 0.3 is 0 Å². The van der Waals surface area contributed by atoms with Crippen LogP contribution in [0.3, 0.4) is 0 Å². The summed E-state index contributed by atoms with van der Waals surface area (Å²) in [6.07, 6.45) is 0.428. The topological polar surface area (TPSA) is 42.0 Å². The van der Waals surface area contributed by atoms with Crippen molar-refractivity contribution in [1.29, 1.82) is 0 Å². The van der Waals surface area contributed by atoms with Crippen LogP contribution in [-0.4, -0.2) is 10.9 Å². The molecule has 5 heteroatoms. The highest BCUT2D eigenvalue weighted by Crippen LogP contribution is 2.27. The van der Waals surface area contributed by atoms with E-state index in [0.717, 1.165) is 4.70 Å². The van der Waals surface area contributed by atoms with Gasteiger partial charge in [0.25, 0.3) is 0 Å². The molecule has 0 atom stereocenters. The van der Waals surface area contributed by atoms with Crippen LogP contribution in [0.2, 0.25) is 0 Å². The number of nitrogens with zero attached hydrogens (tertiary/aromatic N) is 1. The Kier molecular flexibility index (Phi) is 3.34. The van der Waals surface area contributed by atoms with Crippen molar-refractivity contribution in [3.63, 3.8) is 0 Å². The lowest BCUT2D eigenvalue weighted by Crippen LogP contribution is -2.19. The first-order chi connectivity index (χ1) is 8.33. The average Bonchev–Trinajstić information content (AvgIpc) is 2.55. The van der Waals surface area contributed by atoms with Crippen LogP contribution in [0.15, 0.2) is 18.2 Å². The minimum absolute atomic E-state index is 0.0626. The van der Waals surface area contributed by atoms with Crippen LogP contribution >= 0.6 is 11.3 Å². The van der Waals surface area contributed by atoms with Crippen molar-refractivity contribution < 1.29 is 9.18 Å². The summed E-state index contributed by atoms with van der Waals surface area (Å²) in [5.41, 5.74) is 0.639. The Bertz CT molecular complexity index is 586. The predicted molar refractivity (Wildman–Crippen MR) is 72.3 cm³/mol. The Hall–Kier alpha value is -1.49. The van der Waals surface area contributed by atoms with Gasteiger partial charge in [-0.1, -0.05) is 32.1 Å². The summed E-state index contributed by atoms with van der Waals surface area (Å²) in [4.78, 5) is 16.0. The highest BCUT2D eigenvalue weighted by Gasteiger charge is 2.17. The van der Waals surface area contributed by atoms with E-state index in [4.69, 9.17) is 0 Å². The van der Waals surface area contributed by atoms with Crippen LogP contribution in [0.4, 0.5) is 9.52 Å². The largest absolute Gasteiger partial charge is 0.302 e. The number of hydrogen-bond acceptors (Lipinski definition) is 3. The van der Waals surface area contributed by atoms with Crippen molar-refractivity contribution >= 4 is 32.6 Å². The molecule has 0 saturated carbocycles. The number of hydrogen-bond donors (Lipinski definition) is 1. The van der Waals surface area contributed by atoms with Crippen molar-refractivity contribution in [1.82, 2.24) is 4.98 Å². The number of amides is 1. The molecule has 1 heterocycles. The fourth-order valence-electron chi connectivity index (χ4n) is 1.60. The molecule has 0 spiro atoms. The Morgan fingerprint density at radius 1 is 1.44 bits per heavy atom. The van der Waals surface area contributed by atoms with E-state index < -0.39 is 0 Å². The van der Waals surface area contributed by atoms with Gasteiger partial charge in [0.2, 0.25) is 5.91 Å². The molecule has 1 amide bonds. The van der Waals surface area contributed by atoms with E-state index in [1.54, 1.807) is 6.07 Å². The van der Waals surface area contributed by atoms with Gasteiger partial charge < -0.3 is 5.32 Å². The second-order valence-electron chi connectivity index (χ2n) is 5.42. The quantitative estimate of drug-likeness (QED) is 0.898. The van der Waals surface area contributed by atoms with Gasteiger partial charge in [0.05, 0.1) is 10.2 Å². The lowest BCUT2D eigenvalue weighted by atomic mass is 9.92. The number of anilines is 1. The number of rotatable bonds is 2. The van der Waals surface area contributed by atoms with Crippen LogP contribution in [0.5, 0.6) is 0 Å². The molecular formula is C13H15FN2OS. The van der Waals surface area contributed by atoms with Gasteiger partial charge in [0, 0.05) is 6.42 Å². The number of aromatic nitrogens is 1. The zero-order valence-electron chi connectivity index (χ0n) is 10.6. The van der Waals surface area contributed by atoms with Gasteiger partial charge in [-0.25, -0.2) is 9.37 Å². The zero-order valence-corrected chi connectivity index (χ0v) is 11.4. The van der Waals surface area contributed by atoms with E-state index >= 15 is 0 Å². The average molecular weight is 266 g/mol. The van der Waals surface area contributed by atoms with Gasteiger partial charge in [-0.15, -0.1) is 0 Å². The van der Waals surface area contributed by atoms with E-state index in [-0.39, 0.29) is 17.1 Å². The Labute approximate surface area is 109 Å². The first-order valence-corrected chi connectivity index (χ1v) is 6.51. The highest BCUT2D eigenvalue weighted by atomic mass is 32.1. The fourth-order valence-corrected chi connectivity index (χ4v) is 2.50. The standard InChI is InChI=1S/C13H15FN2OS/c1-13(2,3)7-11(17)16-12-15-9-5-4-8(14)6-10(9)18-12/h4-6H,7H2,1-3H3,(H,15,16,17). The lowest BCUT2D eigenvalue weighted by molar-refractivity contribution is -0.117. The Morgan fingerprint density at radius 2 is 2.17 bits per heavy atom. The molecule has 1 aromatic heterocycles.